The van der Waals surface area contributed by atoms with Crippen molar-refractivity contribution in [3.05, 3.63) is 102 Å². The lowest BCUT2D eigenvalue weighted by molar-refractivity contribution is -0.129. The van der Waals surface area contributed by atoms with Gasteiger partial charge in [0.2, 0.25) is 5.91 Å². The summed E-state index contributed by atoms with van der Waals surface area (Å²) in [6.07, 6.45) is 3.79. The van der Waals surface area contributed by atoms with Gasteiger partial charge >= 0.3 is 6.09 Å². The van der Waals surface area contributed by atoms with E-state index in [1.54, 1.807) is 10.4 Å². The number of hydroxylamine groups is 1. The van der Waals surface area contributed by atoms with E-state index >= 15 is 0 Å². The van der Waals surface area contributed by atoms with Gasteiger partial charge in [-0.3, -0.25) is 14.9 Å². The first-order valence-electron chi connectivity index (χ1n) is 12.2. The Balaban J connectivity index is 1.44. The Bertz CT molecular complexity index is 1260. The van der Waals surface area contributed by atoms with Crippen molar-refractivity contribution in [1.29, 1.82) is 0 Å². The minimum Gasteiger partial charge on any atom is -0.444 e. The molecule has 0 bridgehead atoms. The highest BCUT2D eigenvalue weighted by Gasteiger charge is 2.20. The average molecular weight is 486 g/mol. The smallest absolute Gasteiger partial charge is 0.414 e. The number of fused-ring (bicyclic) bond motifs is 1. The second kappa shape index (κ2) is 12.6. The molecule has 0 spiro atoms. The molecule has 3 N–H and O–H groups in total. The zero-order valence-corrected chi connectivity index (χ0v) is 20.1. The lowest BCUT2D eigenvalue weighted by Crippen LogP contribution is -2.32. The molecule has 4 rings (SSSR count). The van der Waals surface area contributed by atoms with Gasteiger partial charge in [0.25, 0.3) is 0 Å². The van der Waals surface area contributed by atoms with Crippen molar-refractivity contribution in [2.24, 2.45) is 0 Å². The number of ether oxygens (including phenoxy) is 1. The van der Waals surface area contributed by atoms with Crippen LogP contribution in [0.4, 0.5) is 10.5 Å². The van der Waals surface area contributed by atoms with Crippen molar-refractivity contribution in [3.63, 3.8) is 0 Å². The highest BCUT2D eigenvalue weighted by atomic mass is 16.6. The Morgan fingerprint density at radius 2 is 1.69 bits per heavy atom. The standard InChI is InChI=1S/C29H31N3O4/c33-28(31-35)16-15-23(25-14-13-24-17-18-30-27(24)20-25)10-7-19-32(26-11-5-2-6-12-26)29(34)36-21-22-8-3-1-4-9-22/h1-6,8-9,11-14,17-18,20,23,30,35H,7,10,15-16,19,21H2,(H,31,33). The van der Waals surface area contributed by atoms with Gasteiger partial charge in [0.05, 0.1) is 0 Å². The molecular formula is C29H31N3O4. The summed E-state index contributed by atoms with van der Waals surface area (Å²) in [6, 6.07) is 27.4. The van der Waals surface area contributed by atoms with E-state index in [0.29, 0.717) is 19.4 Å². The Labute approximate surface area is 210 Å². The molecule has 0 aliphatic carbocycles. The molecule has 3 aromatic carbocycles. The van der Waals surface area contributed by atoms with Crippen LogP contribution in [0.5, 0.6) is 0 Å². The number of aromatic amines is 1. The van der Waals surface area contributed by atoms with Crippen LogP contribution in [0.3, 0.4) is 0 Å². The molecule has 186 valence electrons. The number of nitrogens with zero attached hydrogens (tertiary/aromatic N) is 1. The normalized spacial score (nSPS) is 11.7. The third-order valence-electron chi connectivity index (χ3n) is 6.32. The van der Waals surface area contributed by atoms with Gasteiger partial charge in [-0.1, -0.05) is 60.7 Å². The first-order valence-corrected chi connectivity index (χ1v) is 12.2. The SMILES string of the molecule is O=C(CCC(CCCN(C(=O)OCc1ccccc1)c1ccccc1)c1ccc2cc[nH]c2c1)NO. The molecule has 36 heavy (non-hydrogen) atoms. The first-order chi connectivity index (χ1) is 17.6. The quantitative estimate of drug-likeness (QED) is 0.175. The fourth-order valence-electron chi connectivity index (χ4n) is 4.39. The van der Waals surface area contributed by atoms with E-state index in [1.165, 1.54) is 0 Å². The van der Waals surface area contributed by atoms with Gasteiger partial charge in [0, 0.05) is 30.4 Å². The molecule has 0 radical (unpaired) electrons. The molecule has 0 saturated carbocycles. The van der Waals surface area contributed by atoms with Crippen LogP contribution in [0.2, 0.25) is 0 Å². The summed E-state index contributed by atoms with van der Waals surface area (Å²) in [5, 5.41) is 10.1. The summed E-state index contributed by atoms with van der Waals surface area (Å²) in [4.78, 5) is 29.7. The minimum absolute atomic E-state index is 0.0907. The van der Waals surface area contributed by atoms with Crippen LogP contribution in [0, 0.1) is 0 Å². The molecular weight excluding hydrogens is 454 g/mol. The topological polar surface area (TPSA) is 94.7 Å². The van der Waals surface area contributed by atoms with Gasteiger partial charge in [-0.25, -0.2) is 10.3 Å². The molecule has 1 aromatic heterocycles. The van der Waals surface area contributed by atoms with Crippen LogP contribution in [0.1, 0.15) is 42.7 Å². The second-order valence-electron chi connectivity index (χ2n) is 8.76. The van der Waals surface area contributed by atoms with Gasteiger partial charge in [0.15, 0.2) is 0 Å². The van der Waals surface area contributed by atoms with E-state index in [-0.39, 0.29) is 18.9 Å². The predicted octanol–water partition coefficient (Wildman–Crippen LogP) is 6.16. The fourth-order valence-corrected chi connectivity index (χ4v) is 4.39. The summed E-state index contributed by atoms with van der Waals surface area (Å²) in [5.41, 5.74) is 5.59. The van der Waals surface area contributed by atoms with Crippen molar-refractivity contribution in [2.75, 3.05) is 11.4 Å². The summed E-state index contributed by atoms with van der Waals surface area (Å²) in [5.74, 6) is -0.315. The van der Waals surface area contributed by atoms with E-state index in [0.717, 1.165) is 34.1 Å². The number of H-pyrrole nitrogens is 1. The zero-order chi connectivity index (χ0) is 25.2. The van der Waals surface area contributed by atoms with E-state index in [9.17, 15) is 9.59 Å². The monoisotopic (exact) mass is 485 g/mol. The van der Waals surface area contributed by atoms with Crippen LogP contribution in [-0.2, 0) is 16.1 Å². The van der Waals surface area contributed by atoms with Gasteiger partial charge in [-0.05, 0) is 66.0 Å². The summed E-state index contributed by atoms with van der Waals surface area (Å²) in [7, 11) is 0. The highest BCUT2D eigenvalue weighted by molar-refractivity contribution is 5.87. The molecule has 0 aliphatic rings. The number of para-hydroxylation sites is 1. The number of rotatable bonds is 11. The number of carbonyl (C=O) groups excluding carboxylic acids is 2. The third-order valence-corrected chi connectivity index (χ3v) is 6.32. The van der Waals surface area contributed by atoms with Gasteiger partial charge in [0.1, 0.15) is 6.61 Å². The fraction of sp³-hybridized carbons (Fsp3) is 0.241. The molecule has 0 saturated heterocycles. The summed E-state index contributed by atoms with van der Waals surface area (Å²) < 4.78 is 5.62. The maximum Gasteiger partial charge on any atom is 0.414 e. The van der Waals surface area contributed by atoms with Crippen LogP contribution >= 0.6 is 0 Å². The summed E-state index contributed by atoms with van der Waals surface area (Å²) >= 11 is 0. The average Bonchev–Trinajstić information content (AvgIpc) is 3.40. The van der Waals surface area contributed by atoms with Gasteiger partial charge < -0.3 is 9.72 Å². The van der Waals surface area contributed by atoms with Crippen molar-refractivity contribution in [3.8, 4) is 0 Å². The Hall–Kier alpha value is -4.10. The zero-order valence-electron chi connectivity index (χ0n) is 20.1. The Kier molecular flexibility index (Phi) is 8.72. The number of hydrogen-bond donors (Lipinski definition) is 3. The number of aromatic nitrogens is 1. The highest BCUT2D eigenvalue weighted by Crippen LogP contribution is 2.29. The Morgan fingerprint density at radius 3 is 2.44 bits per heavy atom. The molecule has 2 amide bonds. The number of carbonyl (C=O) groups is 2. The van der Waals surface area contributed by atoms with Crippen molar-refractivity contribution >= 4 is 28.6 Å². The first kappa shape index (κ1) is 25.0. The maximum absolute atomic E-state index is 13.1. The van der Waals surface area contributed by atoms with Crippen LogP contribution in [0.25, 0.3) is 10.9 Å². The van der Waals surface area contributed by atoms with E-state index < -0.39 is 12.0 Å². The third kappa shape index (κ3) is 6.73. The number of nitrogens with one attached hydrogen (secondary N) is 2. The molecule has 7 nitrogen and oxygen atoms in total. The van der Waals surface area contributed by atoms with Crippen molar-refractivity contribution < 1.29 is 19.5 Å². The molecule has 4 aromatic rings. The van der Waals surface area contributed by atoms with Gasteiger partial charge in [-0.15, -0.1) is 0 Å². The van der Waals surface area contributed by atoms with Crippen molar-refractivity contribution in [2.45, 2.75) is 38.2 Å². The van der Waals surface area contributed by atoms with Gasteiger partial charge in [-0.2, -0.15) is 0 Å². The molecule has 0 aliphatic heterocycles. The maximum atomic E-state index is 13.1. The summed E-state index contributed by atoms with van der Waals surface area (Å²) in [6.45, 7) is 0.684. The van der Waals surface area contributed by atoms with E-state index in [1.807, 2.05) is 72.9 Å². The van der Waals surface area contributed by atoms with E-state index in [4.69, 9.17) is 9.94 Å². The molecule has 0 fully saturated rings. The molecule has 1 heterocycles. The largest absolute Gasteiger partial charge is 0.444 e. The predicted molar refractivity (Wildman–Crippen MR) is 140 cm³/mol. The van der Waals surface area contributed by atoms with E-state index in [2.05, 4.69) is 23.2 Å². The second-order valence-corrected chi connectivity index (χ2v) is 8.76. The Morgan fingerprint density at radius 1 is 0.944 bits per heavy atom. The van der Waals surface area contributed by atoms with Crippen LogP contribution in [0.15, 0.2) is 91.1 Å². The van der Waals surface area contributed by atoms with Crippen LogP contribution < -0.4 is 10.4 Å². The minimum atomic E-state index is -0.406. The molecule has 1 unspecified atom stereocenters. The molecule has 7 heteroatoms. The van der Waals surface area contributed by atoms with Crippen LogP contribution in [-0.4, -0.2) is 28.7 Å². The van der Waals surface area contributed by atoms with Crippen molar-refractivity contribution in [1.82, 2.24) is 10.5 Å². The number of hydrogen-bond acceptors (Lipinski definition) is 4. The number of amides is 2. The number of benzene rings is 3. The molecule has 1 atom stereocenters. The lowest BCUT2D eigenvalue weighted by Gasteiger charge is -2.24. The lowest BCUT2D eigenvalue weighted by atomic mass is 9.89. The number of anilines is 1.